The monoisotopic (exact) mass is 271 g/mol. The Hall–Kier alpha value is -2.56. The lowest BCUT2D eigenvalue weighted by Crippen LogP contribution is -2.13. The van der Waals surface area contributed by atoms with E-state index in [9.17, 15) is 9.59 Å². The van der Waals surface area contributed by atoms with Crippen LogP contribution in [0.1, 0.15) is 27.8 Å². The average Bonchev–Trinajstić information content (AvgIpc) is 2.88. The maximum atomic E-state index is 12.1. The van der Waals surface area contributed by atoms with Crippen LogP contribution >= 0.6 is 0 Å². The lowest BCUT2D eigenvalue weighted by molar-refractivity contribution is 0.101. The van der Waals surface area contributed by atoms with Gasteiger partial charge in [0.05, 0.1) is 0 Å². The first-order valence-corrected chi connectivity index (χ1v) is 6.25. The van der Waals surface area contributed by atoms with E-state index in [1.165, 1.54) is 13.1 Å². The number of amides is 1. The van der Waals surface area contributed by atoms with Gasteiger partial charge in [0.2, 0.25) is 0 Å². The van der Waals surface area contributed by atoms with Gasteiger partial charge in [0.1, 0.15) is 5.69 Å². The zero-order valence-electron chi connectivity index (χ0n) is 11.7. The summed E-state index contributed by atoms with van der Waals surface area (Å²) < 4.78 is 0. The van der Waals surface area contributed by atoms with Gasteiger partial charge in [-0.05, 0) is 31.2 Å². The lowest BCUT2D eigenvalue weighted by atomic mass is 10.2. The maximum Gasteiger partial charge on any atom is 0.272 e. The number of rotatable bonds is 4. The van der Waals surface area contributed by atoms with Crippen LogP contribution in [0, 0.1) is 0 Å². The van der Waals surface area contributed by atoms with Gasteiger partial charge >= 0.3 is 0 Å². The lowest BCUT2D eigenvalue weighted by Gasteiger charge is -2.13. The van der Waals surface area contributed by atoms with E-state index in [0.717, 1.165) is 5.69 Å². The van der Waals surface area contributed by atoms with Crippen molar-refractivity contribution in [2.24, 2.45) is 0 Å². The molecule has 0 bridgehead atoms. The van der Waals surface area contributed by atoms with Crippen molar-refractivity contribution in [2.75, 3.05) is 24.3 Å². The first-order chi connectivity index (χ1) is 9.47. The van der Waals surface area contributed by atoms with Crippen molar-refractivity contribution in [2.45, 2.75) is 6.92 Å². The Bertz CT molecular complexity index is 644. The van der Waals surface area contributed by atoms with Crippen molar-refractivity contribution in [1.82, 2.24) is 4.98 Å². The fourth-order valence-electron chi connectivity index (χ4n) is 1.79. The number of carbonyl (C=O) groups is 2. The van der Waals surface area contributed by atoms with Crippen LogP contribution in [0.3, 0.4) is 0 Å². The predicted octanol–water partition coefficient (Wildman–Crippen LogP) is 2.54. The van der Waals surface area contributed by atoms with Gasteiger partial charge in [-0.2, -0.15) is 0 Å². The summed E-state index contributed by atoms with van der Waals surface area (Å²) in [5, 5.41) is 2.80. The second-order valence-electron chi connectivity index (χ2n) is 4.76. The molecule has 1 heterocycles. The van der Waals surface area contributed by atoms with Gasteiger partial charge in [-0.1, -0.05) is 6.07 Å². The number of anilines is 2. The van der Waals surface area contributed by atoms with Crippen molar-refractivity contribution >= 4 is 23.1 Å². The van der Waals surface area contributed by atoms with Gasteiger partial charge in [0.15, 0.2) is 5.78 Å². The number of aromatic amines is 1. The molecular formula is C15H17N3O2. The number of carbonyl (C=O) groups excluding carboxylic acids is 2. The van der Waals surface area contributed by atoms with Gasteiger partial charge in [-0.3, -0.25) is 9.59 Å². The van der Waals surface area contributed by atoms with Crippen molar-refractivity contribution < 1.29 is 9.59 Å². The molecule has 0 atom stereocenters. The van der Waals surface area contributed by atoms with E-state index < -0.39 is 0 Å². The Morgan fingerprint density at radius 3 is 2.55 bits per heavy atom. The third-order valence-electron chi connectivity index (χ3n) is 2.95. The number of ketones is 1. The number of aromatic nitrogens is 1. The Kier molecular flexibility index (Phi) is 3.89. The molecule has 2 rings (SSSR count). The summed E-state index contributed by atoms with van der Waals surface area (Å²) in [5.41, 5.74) is 2.57. The fraction of sp³-hybridized carbons (Fsp3) is 0.200. The van der Waals surface area contributed by atoms with Gasteiger partial charge in [-0.25, -0.2) is 0 Å². The number of nitrogens with one attached hydrogen (secondary N) is 2. The molecule has 0 aliphatic carbocycles. The molecule has 1 aromatic heterocycles. The van der Waals surface area contributed by atoms with Crippen molar-refractivity contribution in [1.29, 1.82) is 0 Å². The van der Waals surface area contributed by atoms with Crippen LogP contribution in [0.25, 0.3) is 0 Å². The number of Topliss-reactive ketones (excluding diaryl/α,β-unsaturated/α-hetero) is 1. The average molecular weight is 271 g/mol. The summed E-state index contributed by atoms with van der Waals surface area (Å²) >= 11 is 0. The van der Waals surface area contributed by atoms with Gasteiger partial charge in [0.25, 0.3) is 5.91 Å². The zero-order chi connectivity index (χ0) is 14.7. The minimum Gasteiger partial charge on any atom is -0.378 e. The highest BCUT2D eigenvalue weighted by atomic mass is 16.2. The molecule has 0 unspecified atom stereocenters. The minimum atomic E-state index is -0.270. The van der Waals surface area contributed by atoms with Crippen LogP contribution in [0.15, 0.2) is 36.5 Å². The molecule has 104 valence electrons. The van der Waals surface area contributed by atoms with Gasteiger partial charge in [-0.15, -0.1) is 0 Å². The third kappa shape index (κ3) is 3.06. The smallest absolute Gasteiger partial charge is 0.272 e. The summed E-state index contributed by atoms with van der Waals surface area (Å²) in [6.07, 6.45) is 1.54. The van der Waals surface area contributed by atoms with E-state index in [0.29, 0.717) is 16.9 Å². The quantitative estimate of drug-likeness (QED) is 0.840. The highest BCUT2D eigenvalue weighted by Gasteiger charge is 2.11. The molecule has 0 fully saturated rings. The molecule has 5 heteroatoms. The number of benzene rings is 1. The second kappa shape index (κ2) is 5.61. The Balaban J connectivity index is 2.14. The van der Waals surface area contributed by atoms with Gasteiger partial charge in [0, 0.05) is 37.2 Å². The highest BCUT2D eigenvalue weighted by molar-refractivity contribution is 6.05. The molecule has 0 spiro atoms. The summed E-state index contributed by atoms with van der Waals surface area (Å²) in [5.74, 6) is -0.344. The number of H-pyrrole nitrogens is 1. The molecular weight excluding hydrogens is 254 g/mol. The summed E-state index contributed by atoms with van der Waals surface area (Å²) in [4.78, 5) is 28.0. The first-order valence-electron chi connectivity index (χ1n) is 6.25. The van der Waals surface area contributed by atoms with E-state index >= 15 is 0 Å². The molecule has 2 aromatic rings. The van der Waals surface area contributed by atoms with Crippen LogP contribution in [0.5, 0.6) is 0 Å². The van der Waals surface area contributed by atoms with Crippen LogP contribution in [-0.2, 0) is 0 Å². The number of hydrogen-bond donors (Lipinski definition) is 2. The van der Waals surface area contributed by atoms with Crippen molar-refractivity contribution in [3.05, 3.63) is 47.8 Å². The molecule has 1 amide bonds. The Morgan fingerprint density at radius 2 is 1.95 bits per heavy atom. The molecule has 1 aromatic carbocycles. The minimum absolute atomic E-state index is 0.0742. The topological polar surface area (TPSA) is 65.2 Å². The van der Waals surface area contributed by atoms with Crippen LogP contribution in [0.4, 0.5) is 11.4 Å². The predicted molar refractivity (Wildman–Crippen MR) is 79.5 cm³/mol. The summed E-state index contributed by atoms with van der Waals surface area (Å²) in [6, 6.07) is 9.08. The van der Waals surface area contributed by atoms with Crippen molar-refractivity contribution in [3.8, 4) is 0 Å². The van der Waals surface area contributed by atoms with Crippen molar-refractivity contribution in [3.63, 3.8) is 0 Å². The van der Waals surface area contributed by atoms with E-state index in [1.54, 1.807) is 6.07 Å². The van der Waals surface area contributed by atoms with E-state index in [-0.39, 0.29) is 11.7 Å². The summed E-state index contributed by atoms with van der Waals surface area (Å²) in [6.45, 7) is 1.46. The SMILES string of the molecule is CC(=O)c1c[nH]c(C(=O)Nc2cccc(N(C)C)c2)c1. The third-order valence-corrected chi connectivity index (χ3v) is 2.95. The molecule has 0 saturated carbocycles. The Morgan fingerprint density at radius 1 is 1.20 bits per heavy atom. The van der Waals surface area contributed by atoms with Crippen LogP contribution in [0.2, 0.25) is 0 Å². The number of nitrogens with zero attached hydrogens (tertiary/aromatic N) is 1. The molecule has 0 saturated heterocycles. The molecule has 0 aliphatic rings. The molecule has 5 nitrogen and oxygen atoms in total. The molecule has 20 heavy (non-hydrogen) atoms. The van der Waals surface area contributed by atoms with E-state index in [2.05, 4.69) is 10.3 Å². The fourth-order valence-corrected chi connectivity index (χ4v) is 1.79. The largest absolute Gasteiger partial charge is 0.378 e. The maximum absolute atomic E-state index is 12.1. The Labute approximate surface area is 117 Å². The normalized spacial score (nSPS) is 10.2. The van der Waals surface area contributed by atoms with E-state index in [1.807, 2.05) is 43.3 Å². The standard InChI is InChI=1S/C15H17N3O2/c1-10(19)11-7-14(16-9-11)15(20)17-12-5-4-6-13(8-12)18(2)3/h4-9,16H,1-3H3,(H,17,20). The van der Waals surface area contributed by atoms with Crippen LogP contribution in [-0.4, -0.2) is 30.8 Å². The van der Waals surface area contributed by atoms with Crippen LogP contribution < -0.4 is 10.2 Å². The number of hydrogen-bond acceptors (Lipinski definition) is 3. The second-order valence-corrected chi connectivity index (χ2v) is 4.76. The van der Waals surface area contributed by atoms with Gasteiger partial charge < -0.3 is 15.2 Å². The molecule has 0 radical (unpaired) electrons. The summed E-state index contributed by atoms with van der Waals surface area (Å²) in [7, 11) is 3.87. The molecule has 0 aliphatic heterocycles. The zero-order valence-corrected chi connectivity index (χ0v) is 11.7. The molecule has 2 N–H and O–H groups in total. The highest BCUT2D eigenvalue weighted by Crippen LogP contribution is 2.18. The first kappa shape index (κ1) is 13.9. The van der Waals surface area contributed by atoms with E-state index in [4.69, 9.17) is 0 Å².